The molecule has 0 spiro atoms. The van der Waals surface area contributed by atoms with Crippen molar-refractivity contribution in [2.75, 3.05) is 5.73 Å². The lowest BCUT2D eigenvalue weighted by Crippen LogP contribution is -2.01. The van der Waals surface area contributed by atoms with Crippen LogP contribution in [-0.4, -0.2) is 4.92 Å². The van der Waals surface area contributed by atoms with E-state index in [4.69, 9.17) is 5.73 Å². The van der Waals surface area contributed by atoms with Crippen LogP contribution in [0, 0.1) is 15.9 Å². The minimum Gasteiger partial charge on any atom is -0.396 e. The minimum atomic E-state index is -0.684. The van der Waals surface area contributed by atoms with E-state index in [0.29, 0.717) is 0 Å². The molecule has 0 aliphatic heterocycles. The molecule has 0 heterocycles. The third-order valence-corrected chi connectivity index (χ3v) is 1.80. The molecule has 1 rings (SSSR count). The number of nitro groups is 1. The van der Waals surface area contributed by atoms with Crippen molar-refractivity contribution in [3.8, 4) is 0 Å². The molecule has 0 saturated carbocycles. The standard InChI is InChI=1S/C8H9FN2O2/c1-2-5-7(11(12)13)4-3-6(10)8(5)9/h3-4H,2,10H2,1H3. The predicted molar refractivity (Wildman–Crippen MR) is 46.8 cm³/mol. The maximum atomic E-state index is 13.2. The number of halogens is 1. The Kier molecular flexibility index (Phi) is 2.46. The molecule has 0 atom stereocenters. The number of nitro benzene ring substituents is 1. The van der Waals surface area contributed by atoms with Crippen molar-refractivity contribution < 1.29 is 9.31 Å². The largest absolute Gasteiger partial charge is 0.396 e. The van der Waals surface area contributed by atoms with Crippen LogP contribution in [0.25, 0.3) is 0 Å². The Balaban J connectivity index is 3.38. The van der Waals surface area contributed by atoms with Crippen molar-refractivity contribution in [3.63, 3.8) is 0 Å². The molecule has 0 radical (unpaired) electrons. The number of nitrogens with two attached hydrogens (primary N) is 1. The van der Waals surface area contributed by atoms with Crippen LogP contribution in [-0.2, 0) is 6.42 Å². The summed E-state index contributed by atoms with van der Waals surface area (Å²) in [5.74, 6) is -0.684. The highest BCUT2D eigenvalue weighted by molar-refractivity contribution is 5.52. The van der Waals surface area contributed by atoms with Gasteiger partial charge in [-0.1, -0.05) is 6.92 Å². The zero-order chi connectivity index (χ0) is 10.0. The van der Waals surface area contributed by atoms with Crippen LogP contribution in [0.3, 0.4) is 0 Å². The van der Waals surface area contributed by atoms with Gasteiger partial charge in [0.05, 0.1) is 16.2 Å². The Hall–Kier alpha value is -1.65. The molecule has 4 nitrogen and oxygen atoms in total. The third kappa shape index (κ3) is 1.58. The highest BCUT2D eigenvalue weighted by atomic mass is 19.1. The van der Waals surface area contributed by atoms with Crippen LogP contribution in [0.2, 0.25) is 0 Å². The first-order valence-electron chi connectivity index (χ1n) is 3.79. The highest BCUT2D eigenvalue weighted by Gasteiger charge is 2.17. The van der Waals surface area contributed by atoms with E-state index in [2.05, 4.69) is 0 Å². The number of hydrogen-bond acceptors (Lipinski definition) is 3. The molecule has 0 aliphatic rings. The zero-order valence-corrected chi connectivity index (χ0v) is 7.08. The van der Waals surface area contributed by atoms with Crippen LogP contribution in [0.5, 0.6) is 0 Å². The van der Waals surface area contributed by atoms with E-state index in [1.54, 1.807) is 6.92 Å². The molecule has 0 amide bonds. The van der Waals surface area contributed by atoms with Crippen LogP contribution in [0.1, 0.15) is 12.5 Å². The van der Waals surface area contributed by atoms with Crippen molar-refractivity contribution in [3.05, 3.63) is 33.6 Å². The highest BCUT2D eigenvalue weighted by Crippen LogP contribution is 2.25. The number of hydrogen-bond donors (Lipinski definition) is 1. The molecular formula is C8H9FN2O2. The second kappa shape index (κ2) is 3.38. The molecule has 5 heteroatoms. The van der Waals surface area contributed by atoms with Gasteiger partial charge in [0.1, 0.15) is 0 Å². The van der Waals surface area contributed by atoms with Gasteiger partial charge in [-0.2, -0.15) is 0 Å². The van der Waals surface area contributed by atoms with Gasteiger partial charge in [-0.05, 0) is 12.5 Å². The number of nitrogens with zero attached hydrogens (tertiary/aromatic N) is 1. The first-order valence-corrected chi connectivity index (χ1v) is 3.79. The molecule has 0 aromatic heterocycles. The summed E-state index contributed by atoms with van der Waals surface area (Å²) in [5.41, 5.74) is 5.06. The van der Waals surface area contributed by atoms with Gasteiger partial charge in [0.25, 0.3) is 5.69 Å². The average Bonchev–Trinajstić information content (AvgIpc) is 2.09. The molecule has 0 bridgehead atoms. The summed E-state index contributed by atoms with van der Waals surface area (Å²) in [6.45, 7) is 1.64. The second-order valence-corrected chi connectivity index (χ2v) is 2.58. The average molecular weight is 184 g/mol. The van der Waals surface area contributed by atoms with Gasteiger partial charge in [0.2, 0.25) is 0 Å². The molecule has 1 aromatic carbocycles. The molecule has 0 aliphatic carbocycles. The van der Waals surface area contributed by atoms with Crippen molar-refractivity contribution in [2.24, 2.45) is 0 Å². The Morgan fingerprint density at radius 1 is 1.62 bits per heavy atom. The topological polar surface area (TPSA) is 69.2 Å². The number of anilines is 1. The Labute approximate surface area is 74.3 Å². The summed E-state index contributed by atoms with van der Waals surface area (Å²) in [6, 6.07) is 2.42. The summed E-state index contributed by atoms with van der Waals surface area (Å²) < 4.78 is 13.2. The fourth-order valence-electron chi connectivity index (χ4n) is 1.14. The van der Waals surface area contributed by atoms with E-state index < -0.39 is 10.7 Å². The molecule has 2 N–H and O–H groups in total. The lowest BCUT2D eigenvalue weighted by Gasteiger charge is -2.03. The molecule has 0 fully saturated rings. The lowest BCUT2D eigenvalue weighted by molar-refractivity contribution is -0.385. The normalized spacial score (nSPS) is 10.0. The fraction of sp³-hybridized carbons (Fsp3) is 0.250. The van der Waals surface area contributed by atoms with Crippen molar-refractivity contribution >= 4 is 11.4 Å². The van der Waals surface area contributed by atoms with Gasteiger partial charge >= 0.3 is 0 Å². The molecule has 70 valence electrons. The third-order valence-electron chi connectivity index (χ3n) is 1.80. The molecule has 1 aromatic rings. The van der Waals surface area contributed by atoms with Crippen LogP contribution < -0.4 is 5.73 Å². The van der Waals surface area contributed by atoms with E-state index in [9.17, 15) is 14.5 Å². The molecule has 13 heavy (non-hydrogen) atoms. The first kappa shape index (κ1) is 9.44. The smallest absolute Gasteiger partial charge is 0.275 e. The van der Waals surface area contributed by atoms with E-state index >= 15 is 0 Å². The van der Waals surface area contributed by atoms with E-state index in [1.165, 1.54) is 12.1 Å². The molecule has 0 unspecified atom stereocenters. The van der Waals surface area contributed by atoms with E-state index in [-0.39, 0.29) is 23.4 Å². The van der Waals surface area contributed by atoms with Gasteiger partial charge < -0.3 is 5.73 Å². The maximum absolute atomic E-state index is 13.2. The molecular weight excluding hydrogens is 175 g/mol. The van der Waals surface area contributed by atoms with Gasteiger partial charge in [-0.25, -0.2) is 4.39 Å². The van der Waals surface area contributed by atoms with Crippen LogP contribution >= 0.6 is 0 Å². The quantitative estimate of drug-likeness (QED) is 0.433. The number of rotatable bonds is 2. The predicted octanol–water partition coefficient (Wildman–Crippen LogP) is 1.88. The summed E-state index contributed by atoms with van der Waals surface area (Å²) in [5, 5.41) is 10.4. The molecule has 0 saturated heterocycles. The van der Waals surface area contributed by atoms with E-state index in [1.807, 2.05) is 0 Å². The van der Waals surface area contributed by atoms with Crippen molar-refractivity contribution in [1.82, 2.24) is 0 Å². The minimum absolute atomic E-state index is 0.0533. The first-order chi connectivity index (χ1) is 6.07. The van der Waals surface area contributed by atoms with Gasteiger partial charge in [-0.15, -0.1) is 0 Å². The summed E-state index contributed by atoms with van der Waals surface area (Å²) in [7, 11) is 0. The van der Waals surface area contributed by atoms with E-state index in [0.717, 1.165) is 0 Å². The number of benzene rings is 1. The fourth-order valence-corrected chi connectivity index (χ4v) is 1.14. The van der Waals surface area contributed by atoms with Gasteiger partial charge in [0.15, 0.2) is 5.82 Å². The van der Waals surface area contributed by atoms with Crippen LogP contribution in [0.4, 0.5) is 15.8 Å². The summed E-state index contributed by atoms with van der Waals surface area (Å²) in [6.07, 6.45) is 0.257. The lowest BCUT2D eigenvalue weighted by atomic mass is 10.1. The monoisotopic (exact) mass is 184 g/mol. The summed E-state index contributed by atoms with van der Waals surface area (Å²) in [4.78, 5) is 9.83. The zero-order valence-electron chi connectivity index (χ0n) is 7.08. The SMILES string of the molecule is CCc1c([N+](=O)[O-])ccc(N)c1F. The second-order valence-electron chi connectivity index (χ2n) is 2.58. The van der Waals surface area contributed by atoms with Crippen LogP contribution in [0.15, 0.2) is 12.1 Å². The van der Waals surface area contributed by atoms with Gasteiger partial charge in [0, 0.05) is 6.07 Å². The Bertz CT molecular complexity index is 352. The Morgan fingerprint density at radius 3 is 2.69 bits per heavy atom. The Morgan fingerprint density at radius 2 is 2.23 bits per heavy atom. The summed E-state index contributed by atoms with van der Waals surface area (Å²) >= 11 is 0. The van der Waals surface area contributed by atoms with Crippen molar-refractivity contribution in [1.29, 1.82) is 0 Å². The van der Waals surface area contributed by atoms with Gasteiger partial charge in [-0.3, -0.25) is 10.1 Å². The maximum Gasteiger partial charge on any atom is 0.275 e. The number of nitrogen functional groups attached to an aromatic ring is 1. The van der Waals surface area contributed by atoms with Crippen molar-refractivity contribution in [2.45, 2.75) is 13.3 Å².